The molecule has 0 saturated carbocycles. The van der Waals surface area contributed by atoms with Crippen molar-refractivity contribution in [2.24, 2.45) is 5.92 Å². The van der Waals surface area contributed by atoms with E-state index in [9.17, 15) is 19.2 Å². The normalized spacial score (nSPS) is 16.2. The lowest BCUT2D eigenvalue weighted by Crippen LogP contribution is -2.41. The molecule has 1 aromatic carbocycles. The van der Waals surface area contributed by atoms with E-state index in [1.165, 1.54) is 0 Å². The molecule has 28 heavy (non-hydrogen) atoms. The second-order valence-corrected chi connectivity index (χ2v) is 7.12. The molecule has 1 heterocycles. The van der Waals surface area contributed by atoms with Gasteiger partial charge in [0.25, 0.3) is 5.91 Å². The lowest BCUT2D eigenvalue weighted by Gasteiger charge is -2.31. The van der Waals surface area contributed by atoms with Crippen LogP contribution >= 0.6 is 0 Å². The van der Waals surface area contributed by atoms with E-state index < -0.39 is 11.8 Å². The third-order valence-electron chi connectivity index (χ3n) is 4.66. The molecule has 2 rings (SSSR count). The highest BCUT2D eigenvalue weighted by Crippen LogP contribution is 2.21. The van der Waals surface area contributed by atoms with Gasteiger partial charge in [0.1, 0.15) is 0 Å². The first-order valence-electron chi connectivity index (χ1n) is 9.57. The van der Waals surface area contributed by atoms with Gasteiger partial charge in [-0.3, -0.25) is 19.2 Å². The van der Waals surface area contributed by atoms with Crippen LogP contribution in [-0.2, 0) is 14.4 Å². The van der Waals surface area contributed by atoms with E-state index in [1.807, 2.05) is 4.90 Å². The molecule has 0 radical (unpaired) electrons. The van der Waals surface area contributed by atoms with Crippen molar-refractivity contribution >= 4 is 29.3 Å². The Balaban J connectivity index is 1.96. The van der Waals surface area contributed by atoms with E-state index in [4.69, 9.17) is 0 Å². The summed E-state index contributed by atoms with van der Waals surface area (Å²) in [4.78, 5) is 49.7. The number of carbonyl (C=O) groups excluding carboxylic acids is 4. The van der Waals surface area contributed by atoms with Crippen LogP contribution in [-0.4, -0.2) is 54.7 Å². The van der Waals surface area contributed by atoms with Crippen molar-refractivity contribution in [3.05, 3.63) is 29.3 Å². The van der Waals surface area contributed by atoms with Gasteiger partial charge < -0.3 is 20.9 Å². The lowest BCUT2D eigenvalue weighted by atomic mass is 9.99. The highest BCUT2D eigenvalue weighted by Gasteiger charge is 2.23. The van der Waals surface area contributed by atoms with Crippen molar-refractivity contribution in [3.63, 3.8) is 0 Å². The van der Waals surface area contributed by atoms with Gasteiger partial charge in [0, 0.05) is 30.9 Å². The number of benzene rings is 1. The van der Waals surface area contributed by atoms with E-state index in [0.717, 1.165) is 25.9 Å². The van der Waals surface area contributed by atoms with E-state index >= 15 is 0 Å². The molecule has 152 valence electrons. The maximum atomic E-state index is 12.7. The van der Waals surface area contributed by atoms with Crippen LogP contribution in [0.2, 0.25) is 0 Å². The molecular formula is C20H28N4O4. The average Bonchev–Trinajstić information content (AvgIpc) is 2.67. The maximum Gasteiger partial charge on any atom is 0.313 e. The summed E-state index contributed by atoms with van der Waals surface area (Å²) in [5, 5.41) is 7.29. The second-order valence-electron chi connectivity index (χ2n) is 7.12. The minimum absolute atomic E-state index is 0.0211. The van der Waals surface area contributed by atoms with E-state index in [2.05, 4.69) is 22.9 Å². The number of anilines is 1. The van der Waals surface area contributed by atoms with Crippen LogP contribution in [0.3, 0.4) is 0 Å². The molecule has 1 aliphatic heterocycles. The number of aryl methyl sites for hydroxylation is 1. The smallest absolute Gasteiger partial charge is 0.313 e. The Labute approximate surface area is 165 Å². The molecule has 8 heteroatoms. The van der Waals surface area contributed by atoms with Crippen LogP contribution < -0.4 is 16.0 Å². The monoisotopic (exact) mass is 388 g/mol. The largest absolute Gasteiger partial charge is 0.355 e. The molecule has 8 nitrogen and oxygen atoms in total. The van der Waals surface area contributed by atoms with Gasteiger partial charge in [0.15, 0.2) is 0 Å². The predicted molar refractivity (Wildman–Crippen MR) is 106 cm³/mol. The van der Waals surface area contributed by atoms with Crippen molar-refractivity contribution in [2.75, 3.05) is 31.5 Å². The Hall–Kier alpha value is -2.90. The fourth-order valence-corrected chi connectivity index (χ4v) is 3.17. The summed E-state index contributed by atoms with van der Waals surface area (Å²) < 4.78 is 0. The number of piperidine rings is 1. The standard InChI is InChI=1S/C20H28N4O4/c1-4-21-17(25)11-22-18(26)19(27)23-16-8-7-15(10-14(16)3)20(28)24-9-5-6-13(2)12-24/h7-8,10,13H,4-6,9,11-12H2,1-3H3,(H,21,25)(H,22,26)(H,23,27). The molecule has 1 atom stereocenters. The van der Waals surface area contributed by atoms with Crippen LogP contribution in [0.15, 0.2) is 18.2 Å². The number of hydrogen-bond donors (Lipinski definition) is 3. The molecule has 1 aromatic rings. The zero-order valence-electron chi connectivity index (χ0n) is 16.6. The van der Waals surface area contributed by atoms with Gasteiger partial charge in [-0.15, -0.1) is 0 Å². The van der Waals surface area contributed by atoms with Gasteiger partial charge in [-0.05, 0) is 56.4 Å². The van der Waals surface area contributed by atoms with E-state index in [1.54, 1.807) is 32.0 Å². The Bertz CT molecular complexity index is 763. The van der Waals surface area contributed by atoms with E-state index in [0.29, 0.717) is 29.3 Å². The summed E-state index contributed by atoms with van der Waals surface area (Å²) in [5.41, 5.74) is 1.69. The maximum absolute atomic E-state index is 12.7. The Morgan fingerprint density at radius 2 is 1.89 bits per heavy atom. The van der Waals surface area contributed by atoms with Crippen molar-refractivity contribution in [3.8, 4) is 0 Å². The Kier molecular flexibility index (Phi) is 7.54. The molecule has 1 saturated heterocycles. The van der Waals surface area contributed by atoms with Gasteiger partial charge in [0.2, 0.25) is 5.91 Å². The minimum atomic E-state index is -0.895. The molecule has 1 unspecified atom stereocenters. The first kappa shape index (κ1) is 21.4. The third-order valence-corrected chi connectivity index (χ3v) is 4.66. The zero-order valence-corrected chi connectivity index (χ0v) is 16.6. The molecule has 0 bridgehead atoms. The summed E-state index contributed by atoms with van der Waals surface area (Å²) >= 11 is 0. The molecule has 0 spiro atoms. The fourth-order valence-electron chi connectivity index (χ4n) is 3.17. The molecule has 1 fully saturated rings. The van der Waals surface area contributed by atoms with Crippen molar-refractivity contribution in [2.45, 2.75) is 33.6 Å². The summed E-state index contributed by atoms with van der Waals surface area (Å²) in [6.45, 7) is 7.35. The zero-order chi connectivity index (χ0) is 20.7. The molecule has 4 amide bonds. The van der Waals surface area contributed by atoms with E-state index in [-0.39, 0.29) is 18.4 Å². The fraction of sp³-hybridized carbons (Fsp3) is 0.500. The first-order chi connectivity index (χ1) is 13.3. The second kappa shape index (κ2) is 9.87. The number of amides is 4. The Morgan fingerprint density at radius 1 is 1.14 bits per heavy atom. The highest BCUT2D eigenvalue weighted by atomic mass is 16.2. The van der Waals surface area contributed by atoms with Gasteiger partial charge in [-0.1, -0.05) is 6.92 Å². The number of carbonyl (C=O) groups is 4. The van der Waals surface area contributed by atoms with Crippen molar-refractivity contribution in [1.82, 2.24) is 15.5 Å². The Morgan fingerprint density at radius 3 is 2.54 bits per heavy atom. The molecule has 3 N–H and O–H groups in total. The predicted octanol–water partition coefficient (Wildman–Crippen LogP) is 1.06. The summed E-state index contributed by atoms with van der Waals surface area (Å²) in [5.74, 6) is -1.65. The molecule has 1 aliphatic rings. The lowest BCUT2D eigenvalue weighted by molar-refractivity contribution is -0.136. The van der Waals surface area contributed by atoms with Gasteiger partial charge in [-0.25, -0.2) is 0 Å². The van der Waals surface area contributed by atoms with Gasteiger partial charge in [0.05, 0.1) is 6.54 Å². The topological polar surface area (TPSA) is 108 Å². The first-order valence-corrected chi connectivity index (χ1v) is 9.57. The summed E-state index contributed by atoms with van der Waals surface area (Å²) in [6, 6.07) is 4.98. The third kappa shape index (κ3) is 5.80. The summed E-state index contributed by atoms with van der Waals surface area (Å²) in [7, 11) is 0. The molecule has 0 aromatic heterocycles. The van der Waals surface area contributed by atoms with Crippen LogP contribution in [0.5, 0.6) is 0 Å². The number of hydrogen-bond acceptors (Lipinski definition) is 4. The van der Waals surface area contributed by atoms with Gasteiger partial charge in [-0.2, -0.15) is 0 Å². The number of nitrogens with zero attached hydrogens (tertiary/aromatic N) is 1. The molecular weight excluding hydrogens is 360 g/mol. The van der Waals surface area contributed by atoms with Crippen molar-refractivity contribution in [1.29, 1.82) is 0 Å². The van der Waals surface area contributed by atoms with Crippen LogP contribution in [0.1, 0.15) is 42.6 Å². The number of likely N-dealkylation sites (tertiary alicyclic amines) is 1. The average molecular weight is 388 g/mol. The minimum Gasteiger partial charge on any atom is -0.355 e. The summed E-state index contributed by atoms with van der Waals surface area (Å²) in [6.07, 6.45) is 2.14. The highest BCUT2D eigenvalue weighted by molar-refractivity contribution is 6.40. The van der Waals surface area contributed by atoms with Gasteiger partial charge >= 0.3 is 11.8 Å². The van der Waals surface area contributed by atoms with Crippen LogP contribution in [0.4, 0.5) is 5.69 Å². The quantitative estimate of drug-likeness (QED) is 0.656. The number of nitrogens with one attached hydrogen (secondary N) is 3. The van der Waals surface area contributed by atoms with Crippen LogP contribution in [0.25, 0.3) is 0 Å². The number of likely N-dealkylation sites (N-methyl/N-ethyl adjacent to an activating group) is 1. The molecule has 0 aliphatic carbocycles. The SMILES string of the molecule is CCNC(=O)CNC(=O)C(=O)Nc1ccc(C(=O)N2CCCC(C)C2)cc1C. The van der Waals surface area contributed by atoms with Crippen LogP contribution in [0, 0.1) is 12.8 Å². The van der Waals surface area contributed by atoms with Crippen molar-refractivity contribution < 1.29 is 19.2 Å². The number of rotatable bonds is 5.